The predicted molar refractivity (Wildman–Crippen MR) is 76.8 cm³/mol. The molecule has 2 fully saturated rings. The maximum atomic E-state index is 12.4. The molecule has 0 aromatic carbocycles. The van der Waals surface area contributed by atoms with Crippen molar-refractivity contribution in [2.24, 2.45) is 17.1 Å². The van der Waals surface area contributed by atoms with Crippen LogP contribution in [0.2, 0.25) is 0 Å². The minimum atomic E-state index is -0.243. The van der Waals surface area contributed by atoms with Gasteiger partial charge in [0.25, 0.3) is 0 Å². The van der Waals surface area contributed by atoms with E-state index in [1.165, 1.54) is 25.7 Å². The van der Waals surface area contributed by atoms with Crippen molar-refractivity contribution in [1.29, 1.82) is 0 Å². The molecular formula is C14H27ClN2O. The first-order valence-corrected chi connectivity index (χ1v) is 7.19. The summed E-state index contributed by atoms with van der Waals surface area (Å²) in [7, 11) is 0. The third kappa shape index (κ3) is 3.18. The number of nitrogens with one attached hydrogen (secondary N) is 1. The SMILES string of the molecule is CC(NC(=O)C1(CN)CCCC1)C1CCCC1.Cl. The molecule has 2 aliphatic rings. The van der Waals surface area contributed by atoms with Crippen LogP contribution in [0, 0.1) is 11.3 Å². The largest absolute Gasteiger partial charge is 0.353 e. The van der Waals surface area contributed by atoms with Crippen LogP contribution in [-0.2, 0) is 4.79 Å². The van der Waals surface area contributed by atoms with Crippen molar-refractivity contribution in [3.63, 3.8) is 0 Å². The summed E-state index contributed by atoms with van der Waals surface area (Å²) in [6.07, 6.45) is 9.47. The van der Waals surface area contributed by atoms with Gasteiger partial charge in [0.1, 0.15) is 0 Å². The topological polar surface area (TPSA) is 55.1 Å². The summed E-state index contributed by atoms with van der Waals surface area (Å²) in [6.45, 7) is 2.67. The fourth-order valence-corrected chi connectivity index (χ4v) is 3.51. The minimum Gasteiger partial charge on any atom is -0.353 e. The number of nitrogens with two attached hydrogens (primary N) is 1. The van der Waals surface area contributed by atoms with Gasteiger partial charge in [-0.15, -0.1) is 12.4 Å². The van der Waals surface area contributed by atoms with E-state index in [4.69, 9.17) is 5.73 Å². The summed E-state index contributed by atoms with van der Waals surface area (Å²) in [6, 6.07) is 0.328. The molecule has 1 unspecified atom stereocenters. The average molecular weight is 275 g/mol. The molecule has 4 heteroatoms. The highest BCUT2D eigenvalue weighted by Gasteiger charge is 2.40. The lowest BCUT2D eigenvalue weighted by molar-refractivity contribution is -0.131. The van der Waals surface area contributed by atoms with Gasteiger partial charge in [0.05, 0.1) is 5.41 Å². The number of amides is 1. The van der Waals surface area contributed by atoms with Crippen LogP contribution in [0.3, 0.4) is 0 Å². The van der Waals surface area contributed by atoms with Gasteiger partial charge in [0.2, 0.25) is 5.91 Å². The maximum absolute atomic E-state index is 12.4. The lowest BCUT2D eigenvalue weighted by Crippen LogP contribution is -2.48. The Morgan fingerprint density at radius 3 is 2.33 bits per heavy atom. The van der Waals surface area contributed by atoms with Crippen LogP contribution < -0.4 is 11.1 Å². The second kappa shape index (κ2) is 6.76. The summed E-state index contributed by atoms with van der Waals surface area (Å²) < 4.78 is 0. The third-order valence-electron chi connectivity index (χ3n) is 4.90. The number of hydrogen-bond donors (Lipinski definition) is 2. The Hall–Kier alpha value is -0.280. The van der Waals surface area contributed by atoms with E-state index in [1.807, 2.05) is 0 Å². The van der Waals surface area contributed by atoms with Crippen LogP contribution in [0.15, 0.2) is 0 Å². The normalized spacial score (nSPS) is 24.6. The second-order valence-corrected chi connectivity index (χ2v) is 6.00. The van der Waals surface area contributed by atoms with Gasteiger partial charge in [-0.3, -0.25) is 4.79 Å². The van der Waals surface area contributed by atoms with E-state index >= 15 is 0 Å². The van der Waals surface area contributed by atoms with Crippen molar-refractivity contribution in [2.45, 2.75) is 64.3 Å². The van der Waals surface area contributed by atoms with Crippen molar-refractivity contribution in [1.82, 2.24) is 5.32 Å². The fourth-order valence-electron chi connectivity index (χ4n) is 3.51. The van der Waals surface area contributed by atoms with Crippen LogP contribution in [0.4, 0.5) is 0 Å². The smallest absolute Gasteiger partial charge is 0.227 e. The van der Waals surface area contributed by atoms with E-state index in [1.54, 1.807) is 0 Å². The zero-order valence-corrected chi connectivity index (χ0v) is 12.2. The van der Waals surface area contributed by atoms with E-state index in [9.17, 15) is 4.79 Å². The van der Waals surface area contributed by atoms with E-state index < -0.39 is 0 Å². The molecule has 0 bridgehead atoms. The summed E-state index contributed by atoms with van der Waals surface area (Å²) in [5.41, 5.74) is 5.59. The van der Waals surface area contributed by atoms with Crippen molar-refractivity contribution in [3.8, 4) is 0 Å². The zero-order chi connectivity index (χ0) is 12.3. The molecule has 0 aromatic heterocycles. The van der Waals surface area contributed by atoms with Gasteiger partial charge in [-0.05, 0) is 38.5 Å². The second-order valence-electron chi connectivity index (χ2n) is 6.00. The van der Waals surface area contributed by atoms with Crippen molar-refractivity contribution in [2.75, 3.05) is 6.54 Å². The van der Waals surface area contributed by atoms with E-state index in [2.05, 4.69) is 12.2 Å². The highest BCUT2D eigenvalue weighted by Crippen LogP contribution is 2.38. The van der Waals surface area contributed by atoms with Crippen molar-refractivity contribution in [3.05, 3.63) is 0 Å². The van der Waals surface area contributed by atoms with Gasteiger partial charge in [-0.25, -0.2) is 0 Å². The predicted octanol–water partition coefficient (Wildman–Crippen LogP) is 2.62. The fraction of sp³-hybridized carbons (Fsp3) is 0.929. The van der Waals surface area contributed by atoms with Gasteiger partial charge in [0, 0.05) is 12.6 Å². The molecule has 0 saturated heterocycles. The zero-order valence-electron chi connectivity index (χ0n) is 11.4. The van der Waals surface area contributed by atoms with Crippen LogP contribution in [0.1, 0.15) is 58.3 Å². The summed E-state index contributed by atoms with van der Waals surface area (Å²) >= 11 is 0. The summed E-state index contributed by atoms with van der Waals surface area (Å²) in [5, 5.41) is 3.24. The molecule has 3 nitrogen and oxygen atoms in total. The van der Waals surface area contributed by atoms with Crippen molar-refractivity contribution >= 4 is 18.3 Å². The van der Waals surface area contributed by atoms with Gasteiger partial charge in [-0.2, -0.15) is 0 Å². The molecule has 0 spiro atoms. The van der Waals surface area contributed by atoms with Gasteiger partial charge in [0.15, 0.2) is 0 Å². The molecule has 0 aliphatic heterocycles. The third-order valence-corrected chi connectivity index (χ3v) is 4.90. The van der Waals surface area contributed by atoms with E-state index in [0.717, 1.165) is 25.7 Å². The molecular weight excluding hydrogens is 248 g/mol. The van der Waals surface area contributed by atoms with Crippen LogP contribution in [0.5, 0.6) is 0 Å². The van der Waals surface area contributed by atoms with E-state index in [-0.39, 0.29) is 23.7 Å². The Morgan fingerprint density at radius 1 is 1.28 bits per heavy atom. The maximum Gasteiger partial charge on any atom is 0.227 e. The Kier molecular flexibility index (Phi) is 5.93. The number of carbonyl (C=O) groups excluding carboxylic acids is 1. The standard InChI is InChI=1S/C14H26N2O.ClH/c1-11(12-6-2-3-7-12)16-13(17)14(10-15)8-4-5-9-14;/h11-12H,2-10,15H2,1H3,(H,16,17);1H. The molecule has 18 heavy (non-hydrogen) atoms. The highest BCUT2D eigenvalue weighted by atomic mass is 35.5. The quantitative estimate of drug-likeness (QED) is 0.828. The molecule has 3 N–H and O–H groups in total. The van der Waals surface area contributed by atoms with E-state index in [0.29, 0.717) is 18.5 Å². The Bertz CT molecular complexity index is 271. The summed E-state index contributed by atoms with van der Waals surface area (Å²) in [5.74, 6) is 0.909. The first-order valence-electron chi connectivity index (χ1n) is 7.19. The Balaban J connectivity index is 0.00000162. The average Bonchev–Trinajstić information content (AvgIpc) is 3.01. The monoisotopic (exact) mass is 274 g/mol. The molecule has 2 rings (SSSR count). The van der Waals surface area contributed by atoms with Gasteiger partial charge >= 0.3 is 0 Å². The van der Waals surface area contributed by atoms with Crippen LogP contribution in [-0.4, -0.2) is 18.5 Å². The van der Waals surface area contributed by atoms with Gasteiger partial charge in [-0.1, -0.05) is 25.7 Å². The number of hydrogen-bond acceptors (Lipinski definition) is 2. The number of rotatable bonds is 4. The van der Waals surface area contributed by atoms with Crippen LogP contribution in [0.25, 0.3) is 0 Å². The molecule has 1 amide bonds. The lowest BCUT2D eigenvalue weighted by Gasteiger charge is -2.29. The molecule has 0 radical (unpaired) electrons. The first kappa shape index (κ1) is 15.8. The van der Waals surface area contributed by atoms with Gasteiger partial charge < -0.3 is 11.1 Å². The molecule has 0 heterocycles. The molecule has 0 aromatic rings. The molecule has 2 saturated carbocycles. The molecule has 2 aliphatic carbocycles. The van der Waals surface area contributed by atoms with Crippen LogP contribution >= 0.6 is 12.4 Å². The lowest BCUT2D eigenvalue weighted by atomic mass is 9.84. The summed E-state index contributed by atoms with van der Waals surface area (Å²) in [4.78, 5) is 12.4. The minimum absolute atomic E-state index is 0. The molecule has 1 atom stereocenters. The first-order chi connectivity index (χ1) is 8.18. The number of carbonyl (C=O) groups is 1. The van der Waals surface area contributed by atoms with Crippen molar-refractivity contribution < 1.29 is 4.79 Å². The molecule has 106 valence electrons. The Labute approximate surface area is 117 Å². The Morgan fingerprint density at radius 2 is 1.83 bits per heavy atom. The highest BCUT2D eigenvalue weighted by molar-refractivity contribution is 5.85. The number of halogens is 1.